The third-order valence-electron chi connectivity index (χ3n) is 2.54. The normalized spacial score (nSPS) is 10.3. The molecule has 18 heavy (non-hydrogen) atoms. The fourth-order valence-corrected chi connectivity index (χ4v) is 1.69. The summed E-state index contributed by atoms with van der Waals surface area (Å²) in [6.45, 7) is 0.497. The summed E-state index contributed by atoms with van der Waals surface area (Å²) in [6, 6.07) is 4.29. The first-order valence-electron chi connectivity index (χ1n) is 5.21. The molecule has 1 heterocycles. The number of benzene rings is 1. The minimum absolute atomic E-state index is 0.00639. The highest BCUT2D eigenvalue weighted by Gasteiger charge is 2.09. The molecule has 0 atom stereocenters. The number of nitro groups is 1. The summed E-state index contributed by atoms with van der Waals surface area (Å²) in [5.41, 5.74) is 1.50. The van der Waals surface area contributed by atoms with Crippen molar-refractivity contribution in [2.45, 2.75) is 6.54 Å². The van der Waals surface area contributed by atoms with Crippen molar-refractivity contribution in [1.29, 1.82) is 0 Å². The predicted octanol–water partition coefficient (Wildman–Crippen LogP) is 2.59. The summed E-state index contributed by atoms with van der Waals surface area (Å²) < 4.78 is 1.86. The average molecular weight is 267 g/mol. The Bertz CT molecular complexity index is 582. The van der Waals surface area contributed by atoms with Crippen LogP contribution >= 0.6 is 11.6 Å². The molecule has 7 heteroatoms. The largest absolute Gasteiger partial charge is 0.378 e. The summed E-state index contributed by atoms with van der Waals surface area (Å²) in [4.78, 5) is 14.2. The summed E-state index contributed by atoms with van der Waals surface area (Å²) in [7, 11) is 1.87. The topological polar surface area (TPSA) is 73.0 Å². The van der Waals surface area contributed by atoms with E-state index in [1.165, 1.54) is 18.2 Å². The maximum Gasteiger partial charge on any atom is 0.271 e. The van der Waals surface area contributed by atoms with E-state index in [0.29, 0.717) is 17.3 Å². The molecule has 6 nitrogen and oxygen atoms in total. The molecule has 1 N–H and O–H groups in total. The number of halogens is 1. The molecule has 0 aliphatic heterocycles. The van der Waals surface area contributed by atoms with Crippen LogP contribution in [0.2, 0.25) is 5.02 Å². The van der Waals surface area contributed by atoms with E-state index in [1.807, 2.05) is 11.6 Å². The van der Waals surface area contributed by atoms with E-state index < -0.39 is 4.92 Å². The van der Waals surface area contributed by atoms with Crippen LogP contribution in [0.1, 0.15) is 5.69 Å². The lowest BCUT2D eigenvalue weighted by Crippen LogP contribution is -2.04. The first-order chi connectivity index (χ1) is 8.58. The predicted molar refractivity (Wildman–Crippen MR) is 68.6 cm³/mol. The van der Waals surface area contributed by atoms with Crippen molar-refractivity contribution in [2.75, 3.05) is 5.32 Å². The van der Waals surface area contributed by atoms with Gasteiger partial charge in [0.1, 0.15) is 0 Å². The molecule has 1 aromatic heterocycles. The van der Waals surface area contributed by atoms with Crippen molar-refractivity contribution in [2.24, 2.45) is 7.05 Å². The lowest BCUT2D eigenvalue weighted by molar-refractivity contribution is -0.384. The third kappa shape index (κ3) is 2.60. The molecule has 0 radical (unpaired) electrons. The minimum Gasteiger partial charge on any atom is -0.378 e. The number of aryl methyl sites for hydroxylation is 1. The number of nitrogens with zero attached hydrogens (tertiary/aromatic N) is 3. The van der Waals surface area contributed by atoms with Gasteiger partial charge in [0.05, 0.1) is 34.2 Å². The summed E-state index contributed by atoms with van der Waals surface area (Å²) >= 11 is 5.97. The van der Waals surface area contributed by atoms with Crippen molar-refractivity contribution < 1.29 is 4.92 Å². The molecule has 0 saturated carbocycles. The number of nitrogens with one attached hydrogen (secondary N) is 1. The van der Waals surface area contributed by atoms with Gasteiger partial charge in [-0.25, -0.2) is 4.98 Å². The molecule has 0 aliphatic carbocycles. The molecule has 0 unspecified atom stereocenters. The Balaban J connectivity index is 2.16. The Kier molecular flexibility index (Phi) is 3.47. The van der Waals surface area contributed by atoms with Gasteiger partial charge in [0.15, 0.2) is 0 Å². The number of hydrogen-bond donors (Lipinski definition) is 1. The quantitative estimate of drug-likeness (QED) is 0.682. The first-order valence-corrected chi connectivity index (χ1v) is 5.58. The maximum atomic E-state index is 10.7. The molecule has 2 aromatic rings. The van der Waals surface area contributed by atoms with Gasteiger partial charge in [0, 0.05) is 25.4 Å². The summed E-state index contributed by atoms with van der Waals surface area (Å²) in [5.74, 6) is 0. The smallest absolute Gasteiger partial charge is 0.271 e. The van der Waals surface area contributed by atoms with Crippen LogP contribution in [0.4, 0.5) is 11.4 Å². The van der Waals surface area contributed by atoms with E-state index in [4.69, 9.17) is 11.6 Å². The highest BCUT2D eigenvalue weighted by atomic mass is 35.5. The zero-order chi connectivity index (χ0) is 13.1. The van der Waals surface area contributed by atoms with Crippen LogP contribution in [-0.4, -0.2) is 14.5 Å². The van der Waals surface area contributed by atoms with Crippen molar-refractivity contribution in [1.82, 2.24) is 9.55 Å². The Morgan fingerprint density at radius 3 is 2.94 bits per heavy atom. The Labute approximate surface area is 108 Å². The van der Waals surface area contributed by atoms with Crippen LogP contribution in [0.3, 0.4) is 0 Å². The highest BCUT2D eigenvalue weighted by Crippen LogP contribution is 2.26. The van der Waals surface area contributed by atoms with Crippen molar-refractivity contribution in [3.05, 3.63) is 51.6 Å². The lowest BCUT2D eigenvalue weighted by atomic mass is 10.2. The first kappa shape index (κ1) is 12.4. The number of aromatic nitrogens is 2. The van der Waals surface area contributed by atoms with E-state index >= 15 is 0 Å². The molecule has 0 amide bonds. The van der Waals surface area contributed by atoms with Crippen molar-refractivity contribution in [3.63, 3.8) is 0 Å². The van der Waals surface area contributed by atoms with Gasteiger partial charge in [-0.2, -0.15) is 0 Å². The van der Waals surface area contributed by atoms with Gasteiger partial charge in [0.25, 0.3) is 5.69 Å². The van der Waals surface area contributed by atoms with Gasteiger partial charge in [-0.3, -0.25) is 10.1 Å². The van der Waals surface area contributed by atoms with Gasteiger partial charge in [-0.1, -0.05) is 11.6 Å². The number of rotatable bonds is 4. The van der Waals surface area contributed by atoms with E-state index in [0.717, 1.165) is 5.69 Å². The Morgan fingerprint density at radius 1 is 1.56 bits per heavy atom. The number of imidazole rings is 1. The van der Waals surface area contributed by atoms with Crippen LogP contribution in [0.5, 0.6) is 0 Å². The SMILES string of the molecule is Cn1cncc1CNc1cc([N+](=O)[O-])ccc1Cl. The molecule has 94 valence electrons. The fourth-order valence-electron chi connectivity index (χ4n) is 1.50. The molecule has 1 aromatic carbocycles. The second-order valence-electron chi connectivity index (χ2n) is 3.77. The Morgan fingerprint density at radius 2 is 2.33 bits per heavy atom. The van der Waals surface area contributed by atoms with Crippen molar-refractivity contribution >= 4 is 23.0 Å². The van der Waals surface area contributed by atoms with Crippen LogP contribution < -0.4 is 5.32 Å². The van der Waals surface area contributed by atoms with Gasteiger partial charge >= 0.3 is 0 Å². The van der Waals surface area contributed by atoms with Gasteiger partial charge in [-0.05, 0) is 6.07 Å². The second-order valence-corrected chi connectivity index (χ2v) is 4.18. The monoisotopic (exact) mass is 266 g/mol. The molecular weight excluding hydrogens is 256 g/mol. The molecule has 2 rings (SSSR count). The number of anilines is 1. The Hall–Kier alpha value is -2.08. The van der Waals surface area contributed by atoms with Crippen LogP contribution in [0.25, 0.3) is 0 Å². The van der Waals surface area contributed by atoms with E-state index in [2.05, 4.69) is 10.3 Å². The minimum atomic E-state index is -0.453. The van der Waals surface area contributed by atoms with E-state index in [1.54, 1.807) is 12.5 Å². The van der Waals surface area contributed by atoms with Crippen LogP contribution in [0.15, 0.2) is 30.7 Å². The van der Waals surface area contributed by atoms with Gasteiger partial charge < -0.3 is 9.88 Å². The van der Waals surface area contributed by atoms with E-state index in [-0.39, 0.29) is 5.69 Å². The number of hydrogen-bond acceptors (Lipinski definition) is 4. The molecule has 0 aliphatic rings. The lowest BCUT2D eigenvalue weighted by Gasteiger charge is -2.08. The molecule has 0 bridgehead atoms. The summed E-state index contributed by atoms with van der Waals surface area (Å²) in [5, 5.41) is 14.2. The van der Waals surface area contributed by atoms with E-state index in [9.17, 15) is 10.1 Å². The second kappa shape index (κ2) is 5.05. The highest BCUT2D eigenvalue weighted by molar-refractivity contribution is 6.33. The standard InChI is InChI=1S/C11H11ClN4O2/c1-15-7-13-5-9(15)6-14-11-4-8(16(17)18)2-3-10(11)12/h2-5,7,14H,6H2,1H3. The molecule has 0 saturated heterocycles. The summed E-state index contributed by atoms with van der Waals surface area (Å²) in [6.07, 6.45) is 3.41. The molecule has 0 spiro atoms. The van der Waals surface area contributed by atoms with Crippen LogP contribution in [0, 0.1) is 10.1 Å². The number of nitro benzene ring substituents is 1. The zero-order valence-electron chi connectivity index (χ0n) is 9.63. The zero-order valence-corrected chi connectivity index (χ0v) is 10.4. The molecule has 0 fully saturated rings. The molecular formula is C11H11ClN4O2. The fraction of sp³-hybridized carbons (Fsp3) is 0.182. The van der Waals surface area contributed by atoms with Crippen LogP contribution in [-0.2, 0) is 13.6 Å². The average Bonchev–Trinajstić information content (AvgIpc) is 2.73. The van der Waals surface area contributed by atoms with Gasteiger partial charge in [0.2, 0.25) is 0 Å². The van der Waals surface area contributed by atoms with Gasteiger partial charge in [-0.15, -0.1) is 0 Å². The maximum absolute atomic E-state index is 10.7. The number of non-ortho nitro benzene ring substituents is 1. The third-order valence-corrected chi connectivity index (χ3v) is 2.87. The van der Waals surface area contributed by atoms with Crippen molar-refractivity contribution in [3.8, 4) is 0 Å².